The minimum Gasteiger partial charge on any atom is -0.497 e. The molecule has 6 nitrogen and oxygen atoms in total. The molecule has 0 N–H and O–H groups in total. The molecule has 0 amide bonds. The molecule has 0 saturated heterocycles. The van der Waals surface area contributed by atoms with Gasteiger partial charge in [0.25, 0.3) is 0 Å². The summed E-state index contributed by atoms with van der Waals surface area (Å²) in [5, 5.41) is 11.0. The van der Waals surface area contributed by atoms with Crippen molar-refractivity contribution in [3.8, 4) is 17.1 Å². The molecule has 0 unspecified atom stereocenters. The Hall–Kier alpha value is -2.93. The van der Waals surface area contributed by atoms with Gasteiger partial charge in [-0.1, -0.05) is 43.3 Å². The quantitative estimate of drug-likeness (QED) is 0.361. The van der Waals surface area contributed by atoms with E-state index in [-0.39, 0.29) is 0 Å². The highest BCUT2D eigenvalue weighted by atomic mass is 32.2. The first-order valence-corrected chi connectivity index (χ1v) is 11.1. The van der Waals surface area contributed by atoms with E-state index in [9.17, 15) is 0 Å². The van der Waals surface area contributed by atoms with Gasteiger partial charge in [0, 0.05) is 23.2 Å². The molecule has 30 heavy (non-hydrogen) atoms. The lowest BCUT2D eigenvalue weighted by atomic mass is 10.2. The fraction of sp³-hybridized carbons (Fsp3) is 0.304. The van der Waals surface area contributed by atoms with E-state index in [1.807, 2.05) is 49.4 Å². The number of hydrogen-bond acceptors (Lipinski definition) is 6. The fourth-order valence-corrected chi connectivity index (χ4v) is 4.17. The van der Waals surface area contributed by atoms with Gasteiger partial charge in [-0.3, -0.25) is 0 Å². The topological polar surface area (TPSA) is 65.7 Å². The molecular formula is C23H25N5OS. The monoisotopic (exact) mass is 419 g/mol. The third-order valence-corrected chi connectivity index (χ3v) is 5.93. The van der Waals surface area contributed by atoms with E-state index in [4.69, 9.17) is 9.72 Å². The predicted octanol–water partition coefficient (Wildman–Crippen LogP) is 5.30. The molecule has 2 aromatic carbocycles. The molecule has 0 fully saturated rings. The molecule has 0 radical (unpaired) electrons. The second-order valence-electron chi connectivity index (χ2n) is 7.07. The van der Waals surface area contributed by atoms with E-state index in [0.29, 0.717) is 5.75 Å². The fourth-order valence-electron chi connectivity index (χ4n) is 3.36. The van der Waals surface area contributed by atoms with E-state index in [1.165, 1.54) is 0 Å². The van der Waals surface area contributed by atoms with Gasteiger partial charge in [-0.15, -0.1) is 10.2 Å². The van der Waals surface area contributed by atoms with Crippen LogP contribution >= 0.6 is 11.8 Å². The first kappa shape index (κ1) is 20.3. The van der Waals surface area contributed by atoms with Crippen LogP contribution in [0.2, 0.25) is 0 Å². The Balaban J connectivity index is 1.60. The largest absolute Gasteiger partial charge is 0.497 e. The lowest BCUT2D eigenvalue weighted by Gasteiger charge is -2.10. The molecule has 0 aliphatic heterocycles. The van der Waals surface area contributed by atoms with Crippen LogP contribution in [0.15, 0.2) is 53.7 Å². The van der Waals surface area contributed by atoms with Gasteiger partial charge in [0.05, 0.1) is 18.4 Å². The van der Waals surface area contributed by atoms with Crippen molar-refractivity contribution in [1.29, 1.82) is 0 Å². The number of unbranched alkanes of at least 4 members (excludes halogenated alkanes) is 1. The Morgan fingerprint density at radius 3 is 2.57 bits per heavy atom. The number of aryl methyl sites for hydroxylation is 1. The summed E-state index contributed by atoms with van der Waals surface area (Å²) in [6.45, 7) is 5.10. The van der Waals surface area contributed by atoms with Gasteiger partial charge < -0.3 is 9.30 Å². The zero-order valence-electron chi connectivity index (χ0n) is 17.5. The Labute approximate surface area is 180 Å². The molecule has 154 valence electrons. The number of fused-ring (bicyclic) bond motifs is 1. The number of aromatic nitrogens is 5. The van der Waals surface area contributed by atoms with Gasteiger partial charge in [0.1, 0.15) is 11.6 Å². The number of hydrogen-bond donors (Lipinski definition) is 0. The summed E-state index contributed by atoms with van der Waals surface area (Å²) in [7, 11) is 1.67. The molecule has 0 aliphatic carbocycles. The lowest BCUT2D eigenvalue weighted by Crippen LogP contribution is -2.03. The molecule has 0 aliphatic rings. The second kappa shape index (κ2) is 9.26. The second-order valence-corrected chi connectivity index (χ2v) is 8.01. The minimum absolute atomic E-state index is 0.651. The van der Waals surface area contributed by atoms with Crippen LogP contribution < -0.4 is 4.74 Å². The number of para-hydroxylation sites is 1. The summed E-state index contributed by atoms with van der Waals surface area (Å²) < 4.78 is 7.47. The Morgan fingerprint density at radius 1 is 1.00 bits per heavy atom. The van der Waals surface area contributed by atoms with Gasteiger partial charge in [0.2, 0.25) is 0 Å². The van der Waals surface area contributed by atoms with Crippen molar-refractivity contribution in [3.05, 3.63) is 60.0 Å². The first-order chi connectivity index (χ1) is 14.7. The molecule has 7 heteroatoms. The molecule has 0 saturated carbocycles. The van der Waals surface area contributed by atoms with Crippen LogP contribution in [-0.4, -0.2) is 31.8 Å². The first-order valence-electron chi connectivity index (χ1n) is 10.1. The third-order valence-electron chi connectivity index (χ3n) is 4.97. The maximum atomic E-state index is 5.27. The number of ether oxygens (including phenoxy) is 1. The van der Waals surface area contributed by atoms with Crippen LogP contribution in [-0.2, 0) is 12.3 Å². The van der Waals surface area contributed by atoms with Crippen molar-refractivity contribution in [2.45, 2.75) is 44.1 Å². The highest BCUT2D eigenvalue weighted by Gasteiger charge is 2.15. The maximum absolute atomic E-state index is 5.27. The number of nitrogens with zero attached hydrogens (tertiary/aromatic N) is 5. The summed E-state index contributed by atoms with van der Waals surface area (Å²) in [5.41, 5.74) is 3.01. The number of methoxy groups -OCH3 is 1. The van der Waals surface area contributed by atoms with Crippen LogP contribution in [0.4, 0.5) is 0 Å². The number of rotatable bonds is 8. The van der Waals surface area contributed by atoms with Crippen molar-refractivity contribution in [3.63, 3.8) is 0 Å². The van der Waals surface area contributed by atoms with E-state index in [2.05, 4.69) is 32.7 Å². The Bertz CT molecular complexity index is 1140. The lowest BCUT2D eigenvalue weighted by molar-refractivity contribution is 0.415. The Morgan fingerprint density at radius 2 is 1.80 bits per heavy atom. The van der Waals surface area contributed by atoms with Gasteiger partial charge in [-0.05, 0) is 43.7 Å². The summed E-state index contributed by atoms with van der Waals surface area (Å²) in [4.78, 5) is 9.41. The maximum Gasteiger partial charge on any atom is 0.191 e. The molecule has 0 atom stereocenters. The zero-order chi connectivity index (χ0) is 20.9. The van der Waals surface area contributed by atoms with Crippen molar-refractivity contribution in [1.82, 2.24) is 24.7 Å². The van der Waals surface area contributed by atoms with Gasteiger partial charge in [-0.2, -0.15) is 0 Å². The molecule has 2 heterocycles. The van der Waals surface area contributed by atoms with Crippen molar-refractivity contribution in [2.24, 2.45) is 0 Å². The zero-order valence-corrected chi connectivity index (χ0v) is 18.3. The number of benzene rings is 2. The summed E-state index contributed by atoms with van der Waals surface area (Å²) in [6.07, 6.45) is 2.18. The average Bonchev–Trinajstić information content (AvgIpc) is 3.19. The molecule has 0 bridgehead atoms. The molecule has 4 aromatic rings. The van der Waals surface area contributed by atoms with Crippen LogP contribution in [0.1, 0.15) is 31.3 Å². The standard InChI is InChI=1S/C23H25N5OS/c1-4-5-14-28-22(17-10-12-18(29-3)13-11-17)26-27-23(28)30-15-21-24-16(2)19-8-6-7-9-20(19)25-21/h6-13H,4-5,14-15H2,1-3H3. The molecule has 4 rings (SSSR count). The Kier molecular flexibility index (Phi) is 6.28. The van der Waals surface area contributed by atoms with Crippen LogP contribution in [0.5, 0.6) is 5.75 Å². The van der Waals surface area contributed by atoms with Crippen LogP contribution in [0.25, 0.3) is 22.3 Å². The highest BCUT2D eigenvalue weighted by molar-refractivity contribution is 7.98. The number of thioether (sulfide) groups is 1. The van der Waals surface area contributed by atoms with Gasteiger partial charge in [0.15, 0.2) is 11.0 Å². The van der Waals surface area contributed by atoms with Crippen LogP contribution in [0, 0.1) is 6.92 Å². The highest BCUT2D eigenvalue weighted by Crippen LogP contribution is 2.28. The van der Waals surface area contributed by atoms with E-state index < -0.39 is 0 Å². The van der Waals surface area contributed by atoms with E-state index >= 15 is 0 Å². The minimum atomic E-state index is 0.651. The smallest absolute Gasteiger partial charge is 0.191 e. The van der Waals surface area contributed by atoms with Crippen molar-refractivity contribution in [2.75, 3.05) is 7.11 Å². The van der Waals surface area contributed by atoms with Crippen molar-refractivity contribution >= 4 is 22.7 Å². The normalized spacial score (nSPS) is 11.2. The summed E-state index contributed by atoms with van der Waals surface area (Å²) >= 11 is 1.63. The molecule has 2 aromatic heterocycles. The van der Waals surface area contributed by atoms with Crippen molar-refractivity contribution < 1.29 is 4.74 Å². The van der Waals surface area contributed by atoms with Gasteiger partial charge in [-0.25, -0.2) is 9.97 Å². The van der Waals surface area contributed by atoms with E-state index in [0.717, 1.165) is 64.1 Å². The van der Waals surface area contributed by atoms with E-state index in [1.54, 1.807) is 18.9 Å². The summed E-state index contributed by atoms with van der Waals surface area (Å²) in [6, 6.07) is 16.1. The van der Waals surface area contributed by atoms with Crippen LogP contribution in [0.3, 0.4) is 0 Å². The predicted molar refractivity (Wildman–Crippen MR) is 121 cm³/mol. The molecule has 0 spiro atoms. The third kappa shape index (κ3) is 4.31. The summed E-state index contributed by atoms with van der Waals surface area (Å²) in [5.74, 6) is 3.17. The molecular weight excluding hydrogens is 394 g/mol. The SMILES string of the molecule is CCCCn1c(SCc2nc(C)c3ccccc3n2)nnc1-c1ccc(OC)cc1. The average molecular weight is 420 g/mol. The van der Waals surface area contributed by atoms with Gasteiger partial charge >= 0.3 is 0 Å².